The minimum Gasteiger partial charge on any atom is -0.459 e. The maximum absolute atomic E-state index is 11.7. The fourth-order valence-corrected chi connectivity index (χ4v) is 2.20. The van der Waals surface area contributed by atoms with Crippen LogP contribution in [0.25, 0.3) is 11.5 Å². The molecule has 0 saturated carbocycles. The van der Waals surface area contributed by atoms with Gasteiger partial charge in [-0.15, -0.1) is 10.2 Å². The minimum absolute atomic E-state index is 0.00684. The zero-order chi connectivity index (χ0) is 16.8. The van der Waals surface area contributed by atoms with E-state index in [1.165, 1.54) is 12.3 Å². The maximum atomic E-state index is 11.7. The molecule has 0 radical (unpaired) electrons. The smallest absolute Gasteiger partial charge is 0.305 e. The SMILES string of the molecule is O=C(CSc1nnc(-c2cccnc2)o1)NNC(=O)c1ccco1. The van der Waals surface area contributed by atoms with Gasteiger partial charge >= 0.3 is 5.91 Å². The van der Waals surface area contributed by atoms with E-state index < -0.39 is 11.8 Å². The lowest BCUT2D eigenvalue weighted by molar-refractivity contribution is -0.119. The monoisotopic (exact) mass is 345 g/mol. The second-order valence-corrected chi connectivity index (χ2v) is 5.31. The summed E-state index contributed by atoms with van der Waals surface area (Å²) >= 11 is 1.05. The van der Waals surface area contributed by atoms with Gasteiger partial charge in [0.1, 0.15) is 0 Å². The first kappa shape index (κ1) is 15.7. The summed E-state index contributed by atoms with van der Waals surface area (Å²) in [4.78, 5) is 27.2. The van der Waals surface area contributed by atoms with Crippen LogP contribution in [-0.4, -0.2) is 32.7 Å². The Morgan fingerprint density at radius 1 is 1.17 bits per heavy atom. The number of aromatic nitrogens is 3. The topological polar surface area (TPSA) is 123 Å². The van der Waals surface area contributed by atoms with Gasteiger partial charge in [0.15, 0.2) is 5.76 Å². The van der Waals surface area contributed by atoms with E-state index >= 15 is 0 Å². The van der Waals surface area contributed by atoms with Crippen molar-refractivity contribution in [2.75, 3.05) is 5.75 Å². The predicted octanol–water partition coefficient (Wildman–Crippen LogP) is 1.28. The van der Waals surface area contributed by atoms with Gasteiger partial charge in [-0.2, -0.15) is 0 Å². The second-order valence-electron chi connectivity index (χ2n) is 4.38. The second kappa shape index (κ2) is 7.42. The number of nitrogens with one attached hydrogen (secondary N) is 2. The molecule has 0 spiro atoms. The molecule has 2 N–H and O–H groups in total. The number of furan rings is 1. The molecule has 0 aliphatic rings. The molecule has 9 nitrogen and oxygen atoms in total. The van der Waals surface area contributed by atoms with Crippen molar-refractivity contribution in [3.8, 4) is 11.5 Å². The normalized spacial score (nSPS) is 10.3. The Morgan fingerprint density at radius 2 is 2.08 bits per heavy atom. The number of rotatable bonds is 5. The van der Waals surface area contributed by atoms with Crippen LogP contribution in [0.15, 0.2) is 57.0 Å². The standard InChI is InChI=1S/C14H11N5O4S/c20-11(16-17-12(21)10-4-2-6-22-10)8-24-14-19-18-13(23-14)9-3-1-5-15-7-9/h1-7H,8H2,(H,16,20)(H,17,21). The predicted molar refractivity (Wildman–Crippen MR) is 82.6 cm³/mol. The van der Waals surface area contributed by atoms with Crippen LogP contribution in [0.3, 0.4) is 0 Å². The zero-order valence-electron chi connectivity index (χ0n) is 12.1. The van der Waals surface area contributed by atoms with Crippen LogP contribution >= 0.6 is 11.8 Å². The van der Waals surface area contributed by atoms with Crippen LogP contribution in [0.4, 0.5) is 0 Å². The fourth-order valence-electron chi connectivity index (χ4n) is 1.63. The average molecular weight is 345 g/mol. The minimum atomic E-state index is -0.546. The number of hydrogen-bond acceptors (Lipinski definition) is 8. The molecule has 0 aliphatic carbocycles. The third-order valence-corrected chi connectivity index (χ3v) is 3.52. The first-order valence-corrected chi connectivity index (χ1v) is 7.70. The Hall–Kier alpha value is -3.14. The van der Waals surface area contributed by atoms with Gasteiger partial charge in [-0.3, -0.25) is 25.4 Å². The van der Waals surface area contributed by atoms with Gasteiger partial charge < -0.3 is 8.83 Å². The Kier molecular flexibility index (Phi) is 4.87. The number of pyridine rings is 1. The summed E-state index contributed by atoms with van der Waals surface area (Å²) in [6, 6.07) is 6.59. The van der Waals surface area contributed by atoms with Crippen LogP contribution in [0.1, 0.15) is 10.6 Å². The average Bonchev–Trinajstić information content (AvgIpc) is 3.30. The number of thioether (sulfide) groups is 1. The van der Waals surface area contributed by atoms with Crippen LogP contribution in [0.2, 0.25) is 0 Å². The summed E-state index contributed by atoms with van der Waals surface area (Å²) in [7, 11) is 0. The Bertz CT molecular complexity index is 819. The molecule has 0 bridgehead atoms. The number of hydrogen-bond donors (Lipinski definition) is 2. The molecule has 122 valence electrons. The van der Waals surface area contributed by atoms with E-state index in [1.54, 1.807) is 30.6 Å². The van der Waals surface area contributed by atoms with E-state index in [-0.39, 0.29) is 16.7 Å². The van der Waals surface area contributed by atoms with E-state index in [0.717, 1.165) is 11.8 Å². The highest BCUT2D eigenvalue weighted by molar-refractivity contribution is 7.99. The molecular formula is C14H11N5O4S. The number of nitrogens with zero attached hydrogens (tertiary/aromatic N) is 3. The van der Waals surface area contributed by atoms with Crippen molar-refractivity contribution >= 4 is 23.6 Å². The molecule has 3 aromatic heterocycles. The maximum Gasteiger partial charge on any atom is 0.305 e. The lowest BCUT2D eigenvalue weighted by atomic mass is 10.3. The van der Waals surface area contributed by atoms with Crippen LogP contribution in [0, 0.1) is 0 Å². The van der Waals surface area contributed by atoms with E-state index in [2.05, 4.69) is 26.0 Å². The van der Waals surface area contributed by atoms with Crippen molar-refractivity contribution in [1.29, 1.82) is 0 Å². The third kappa shape index (κ3) is 3.98. The first-order chi connectivity index (χ1) is 11.7. The van der Waals surface area contributed by atoms with Gasteiger partial charge in [-0.1, -0.05) is 11.8 Å². The number of carbonyl (C=O) groups excluding carboxylic acids is 2. The zero-order valence-corrected chi connectivity index (χ0v) is 12.9. The van der Waals surface area contributed by atoms with Crippen molar-refractivity contribution < 1.29 is 18.4 Å². The number of amides is 2. The van der Waals surface area contributed by atoms with Crippen molar-refractivity contribution in [1.82, 2.24) is 26.0 Å². The van der Waals surface area contributed by atoms with Gasteiger partial charge in [-0.05, 0) is 24.3 Å². The van der Waals surface area contributed by atoms with E-state index in [9.17, 15) is 9.59 Å². The van der Waals surface area contributed by atoms with E-state index in [4.69, 9.17) is 8.83 Å². The first-order valence-electron chi connectivity index (χ1n) is 6.72. The summed E-state index contributed by atoms with van der Waals surface area (Å²) in [6.45, 7) is 0. The van der Waals surface area contributed by atoms with Crippen molar-refractivity contribution in [2.24, 2.45) is 0 Å². The molecule has 3 rings (SSSR count). The Balaban J connectivity index is 1.46. The quantitative estimate of drug-likeness (QED) is 0.523. The van der Waals surface area contributed by atoms with Crippen molar-refractivity contribution in [3.63, 3.8) is 0 Å². The lowest BCUT2D eigenvalue weighted by Crippen LogP contribution is -2.42. The molecule has 0 aromatic carbocycles. The fraction of sp³-hybridized carbons (Fsp3) is 0.0714. The molecule has 24 heavy (non-hydrogen) atoms. The summed E-state index contributed by atoms with van der Waals surface area (Å²) in [5.74, 6) is -0.568. The molecule has 0 saturated heterocycles. The molecular weight excluding hydrogens is 334 g/mol. The number of hydrazine groups is 1. The molecule has 3 heterocycles. The summed E-state index contributed by atoms with van der Waals surface area (Å²) < 4.78 is 10.3. The van der Waals surface area contributed by atoms with Gasteiger partial charge in [-0.25, -0.2) is 0 Å². The molecule has 2 amide bonds. The highest BCUT2D eigenvalue weighted by Crippen LogP contribution is 2.21. The van der Waals surface area contributed by atoms with Gasteiger partial charge in [0, 0.05) is 12.4 Å². The van der Waals surface area contributed by atoms with Gasteiger partial charge in [0.2, 0.25) is 11.8 Å². The lowest BCUT2D eigenvalue weighted by Gasteiger charge is -2.04. The third-order valence-electron chi connectivity index (χ3n) is 2.70. The van der Waals surface area contributed by atoms with Crippen LogP contribution in [-0.2, 0) is 4.79 Å². The van der Waals surface area contributed by atoms with Crippen LogP contribution in [0.5, 0.6) is 0 Å². The van der Waals surface area contributed by atoms with Crippen molar-refractivity contribution in [2.45, 2.75) is 5.22 Å². The molecule has 0 unspecified atom stereocenters. The van der Waals surface area contributed by atoms with Gasteiger partial charge in [0.25, 0.3) is 5.22 Å². The van der Waals surface area contributed by atoms with Crippen molar-refractivity contribution in [3.05, 3.63) is 48.7 Å². The van der Waals surface area contributed by atoms with Crippen LogP contribution < -0.4 is 10.9 Å². The summed E-state index contributed by atoms with van der Waals surface area (Å²) in [5.41, 5.74) is 5.18. The molecule has 10 heteroatoms. The molecule has 0 aliphatic heterocycles. The molecule has 0 fully saturated rings. The number of carbonyl (C=O) groups is 2. The summed E-state index contributed by atoms with van der Waals surface area (Å²) in [6.07, 6.45) is 4.59. The molecule has 3 aromatic rings. The Labute approximate surface area is 139 Å². The summed E-state index contributed by atoms with van der Waals surface area (Å²) in [5, 5.41) is 7.95. The molecule has 0 atom stereocenters. The highest BCUT2D eigenvalue weighted by atomic mass is 32.2. The largest absolute Gasteiger partial charge is 0.459 e. The Morgan fingerprint density at radius 3 is 2.83 bits per heavy atom. The van der Waals surface area contributed by atoms with E-state index in [0.29, 0.717) is 11.5 Å². The van der Waals surface area contributed by atoms with Gasteiger partial charge in [0.05, 0.1) is 17.6 Å². The highest BCUT2D eigenvalue weighted by Gasteiger charge is 2.13. The van der Waals surface area contributed by atoms with E-state index in [1.807, 2.05) is 0 Å².